The minimum atomic E-state index is -1.01. The van der Waals surface area contributed by atoms with Crippen LogP contribution in [-0.4, -0.2) is 37.3 Å². The summed E-state index contributed by atoms with van der Waals surface area (Å²) in [4.78, 5) is 14.1. The third kappa shape index (κ3) is 2.08. The van der Waals surface area contributed by atoms with Crippen molar-refractivity contribution in [1.82, 2.24) is 19.6 Å². The van der Waals surface area contributed by atoms with E-state index in [1.54, 1.807) is 23.0 Å². The average molecular weight is 208 g/mol. The van der Waals surface area contributed by atoms with E-state index in [1.165, 1.54) is 0 Å². The van der Waals surface area contributed by atoms with Crippen LogP contribution in [0.1, 0.15) is 5.82 Å². The van der Waals surface area contributed by atoms with Gasteiger partial charge in [-0.05, 0) is 0 Å². The Bertz CT molecular complexity index is 481. The molecule has 7 heteroatoms. The van der Waals surface area contributed by atoms with Gasteiger partial charge in [-0.1, -0.05) is 0 Å². The SMILES string of the molecule is O=C(O)COCc1nnc2cnccn12. The molecule has 0 spiro atoms. The molecular weight excluding hydrogens is 200 g/mol. The van der Waals surface area contributed by atoms with E-state index in [9.17, 15) is 4.79 Å². The van der Waals surface area contributed by atoms with Crippen molar-refractivity contribution in [3.63, 3.8) is 0 Å². The van der Waals surface area contributed by atoms with Crippen LogP contribution in [0.2, 0.25) is 0 Å². The number of hydrogen-bond donors (Lipinski definition) is 1. The second-order valence-electron chi connectivity index (χ2n) is 2.81. The molecule has 2 aromatic heterocycles. The summed E-state index contributed by atoms with van der Waals surface area (Å²) in [5.41, 5.74) is 0.603. The molecule has 0 saturated carbocycles. The number of fused-ring (bicyclic) bond motifs is 1. The molecule has 0 amide bonds. The second-order valence-corrected chi connectivity index (χ2v) is 2.81. The Morgan fingerprint density at radius 3 is 3.20 bits per heavy atom. The van der Waals surface area contributed by atoms with Crippen molar-refractivity contribution < 1.29 is 14.6 Å². The quantitative estimate of drug-likeness (QED) is 0.743. The smallest absolute Gasteiger partial charge is 0.329 e. The van der Waals surface area contributed by atoms with Gasteiger partial charge in [0.25, 0.3) is 0 Å². The van der Waals surface area contributed by atoms with Crippen LogP contribution < -0.4 is 0 Å². The van der Waals surface area contributed by atoms with Gasteiger partial charge in [-0.25, -0.2) is 4.79 Å². The zero-order valence-corrected chi connectivity index (χ0v) is 7.70. The molecule has 0 aliphatic heterocycles. The molecule has 2 rings (SSSR count). The first-order valence-electron chi connectivity index (χ1n) is 4.20. The van der Waals surface area contributed by atoms with E-state index in [-0.39, 0.29) is 13.2 Å². The summed E-state index contributed by atoms with van der Waals surface area (Å²) >= 11 is 0. The molecule has 2 heterocycles. The molecule has 2 aromatic rings. The molecule has 15 heavy (non-hydrogen) atoms. The number of aromatic nitrogens is 4. The molecular formula is C8H8N4O3. The molecule has 0 fully saturated rings. The fourth-order valence-corrected chi connectivity index (χ4v) is 1.13. The molecule has 0 radical (unpaired) electrons. The highest BCUT2D eigenvalue weighted by Gasteiger charge is 2.05. The summed E-state index contributed by atoms with van der Waals surface area (Å²) in [6.45, 7) is -0.239. The van der Waals surface area contributed by atoms with Crippen LogP contribution in [0.25, 0.3) is 5.65 Å². The Morgan fingerprint density at radius 2 is 2.40 bits per heavy atom. The maximum atomic E-state index is 10.2. The van der Waals surface area contributed by atoms with Crippen molar-refractivity contribution in [3.05, 3.63) is 24.4 Å². The lowest BCUT2D eigenvalue weighted by molar-refractivity contribution is -0.142. The zero-order chi connectivity index (χ0) is 10.7. The van der Waals surface area contributed by atoms with Gasteiger partial charge in [-0.15, -0.1) is 10.2 Å². The molecule has 0 saturated heterocycles. The topological polar surface area (TPSA) is 89.6 Å². The number of nitrogens with zero attached hydrogens (tertiary/aromatic N) is 4. The molecule has 0 aromatic carbocycles. The van der Waals surface area contributed by atoms with Gasteiger partial charge >= 0.3 is 5.97 Å². The van der Waals surface area contributed by atoms with Gasteiger partial charge in [0.15, 0.2) is 11.5 Å². The molecule has 7 nitrogen and oxygen atoms in total. The van der Waals surface area contributed by atoms with E-state index in [1.807, 2.05) is 0 Å². The Morgan fingerprint density at radius 1 is 1.53 bits per heavy atom. The maximum Gasteiger partial charge on any atom is 0.329 e. The van der Waals surface area contributed by atoms with Crippen LogP contribution >= 0.6 is 0 Å². The third-order valence-electron chi connectivity index (χ3n) is 1.74. The summed E-state index contributed by atoms with van der Waals surface area (Å²) in [5.74, 6) is -0.459. The highest BCUT2D eigenvalue weighted by Crippen LogP contribution is 2.01. The van der Waals surface area contributed by atoms with Crippen molar-refractivity contribution in [2.45, 2.75) is 6.61 Å². The predicted molar refractivity (Wildman–Crippen MR) is 48.1 cm³/mol. The fraction of sp³-hybridized carbons (Fsp3) is 0.250. The number of carbonyl (C=O) groups is 1. The highest BCUT2D eigenvalue weighted by molar-refractivity contribution is 5.67. The van der Waals surface area contributed by atoms with E-state index in [2.05, 4.69) is 15.2 Å². The zero-order valence-electron chi connectivity index (χ0n) is 7.70. The van der Waals surface area contributed by atoms with Gasteiger partial charge in [0.2, 0.25) is 0 Å². The fourth-order valence-electron chi connectivity index (χ4n) is 1.13. The van der Waals surface area contributed by atoms with Gasteiger partial charge in [0.1, 0.15) is 13.2 Å². The number of carboxylic acid groups (broad SMARTS) is 1. The van der Waals surface area contributed by atoms with Crippen molar-refractivity contribution in [1.29, 1.82) is 0 Å². The van der Waals surface area contributed by atoms with Gasteiger partial charge in [0, 0.05) is 12.4 Å². The van der Waals surface area contributed by atoms with E-state index in [4.69, 9.17) is 9.84 Å². The Labute approximate surface area is 84.3 Å². The number of hydrogen-bond acceptors (Lipinski definition) is 5. The molecule has 0 aliphatic rings. The first-order valence-corrected chi connectivity index (χ1v) is 4.20. The highest BCUT2D eigenvalue weighted by atomic mass is 16.5. The number of aliphatic carboxylic acids is 1. The van der Waals surface area contributed by atoms with E-state index >= 15 is 0 Å². The van der Waals surface area contributed by atoms with Gasteiger partial charge in [-0.2, -0.15) is 0 Å². The molecule has 0 aliphatic carbocycles. The summed E-state index contributed by atoms with van der Waals surface area (Å²) in [5, 5.41) is 16.1. The van der Waals surface area contributed by atoms with E-state index in [0.29, 0.717) is 11.5 Å². The van der Waals surface area contributed by atoms with Crippen LogP contribution in [0.4, 0.5) is 0 Å². The summed E-state index contributed by atoms with van der Waals surface area (Å²) in [6.07, 6.45) is 4.85. The van der Waals surface area contributed by atoms with Crippen molar-refractivity contribution in [3.8, 4) is 0 Å². The molecule has 0 atom stereocenters. The number of ether oxygens (including phenoxy) is 1. The van der Waals surface area contributed by atoms with Crippen molar-refractivity contribution in [2.75, 3.05) is 6.61 Å². The first-order chi connectivity index (χ1) is 7.27. The normalized spacial score (nSPS) is 10.7. The van der Waals surface area contributed by atoms with Crippen molar-refractivity contribution in [2.24, 2.45) is 0 Å². The van der Waals surface area contributed by atoms with Gasteiger partial charge in [-0.3, -0.25) is 9.38 Å². The van der Waals surface area contributed by atoms with E-state index in [0.717, 1.165) is 0 Å². The number of rotatable bonds is 4. The molecule has 78 valence electrons. The lowest BCUT2D eigenvalue weighted by atomic mass is 10.6. The Kier molecular flexibility index (Phi) is 2.55. The van der Waals surface area contributed by atoms with Crippen LogP contribution in [0, 0.1) is 0 Å². The summed E-state index contributed by atoms with van der Waals surface area (Å²) in [7, 11) is 0. The average Bonchev–Trinajstić information content (AvgIpc) is 2.62. The summed E-state index contributed by atoms with van der Waals surface area (Å²) < 4.78 is 6.59. The lowest BCUT2D eigenvalue weighted by Crippen LogP contribution is -2.08. The number of carboxylic acids is 1. The lowest BCUT2D eigenvalue weighted by Gasteiger charge is -1.99. The Hall–Kier alpha value is -2.02. The standard InChI is InChI=1S/C8H8N4O3/c13-8(14)5-15-4-7-11-10-6-3-9-1-2-12(6)7/h1-3H,4-5H2,(H,13,14). The first kappa shape index (κ1) is 9.53. The monoisotopic (exact) mass is 208 g/mol. The van der Waals surface area contributed by atoms with Gasteiger partial charge in [0.05, 0.1) is 6.20 Å². The maximum absolute atomic E-state index is 10.2. The van der Waals surface area contributed by atoms with Crippen molar-refractivity contribution >= 4 is 11.6 Å². The van der Waals surface area contributed by atoms with Gasteiger partial charge < -0.3 is 9.84 Å². The summed E-state index contributed by atoms with van der Waals surface area (Å²) in [6, 6.07) is 0. The largest absolute Gasteiger partial charge is 0.480 e. The van der Waals surface area contributed by atoms with Crippen LogP contribution in [0.3, 0.4) is 0 Å². The second kappa shape index (κ2) is 4.01. The molecule has 0 bridgehead atoms. The minimum absolute atomic E-state index is 0.109. The molecule has 1 N–H and O–H groups in total. The van der Waals surface area contributed by atoms with Crippen LogP contribution in [0.5, 0.6) is 0 Å². The molecule has 0 unspecified atom stereocenters. The van der Waals surface area contributed by atoms with Crippen LogP contribution in [0.15, 0.2) is 18.6 Å². The van der Waals surface area contributed by atoms with E-state index < -0.39 is 5.97 Å². The minimum Gasteiger partial charge on any atom is -0.480 e. The Balaban J connectivity index is 2.11. The van der Waals surface area contributed by atoms with Crippen LogP contribution in [-0.2, 0) is 16.1 Å². The third-order valence-corrected chi connectivity index (χ3v) is 1.74. The predicted octanol–water partition coefficient (Wildman–Crippen LogP) is -0.275.